The zero-order valence-electron chi connectivity index (χ0n) is 18.7. The van der Waals surface area contributed by atoms with E-state index in [1.165, 1.54) is 18.6 Å². The van der Waals surface area contributed by atoms with Crippen LogP contribution in [0.4, 0.5) is 24.8 Å². The van der Waals surface area contributed by atoms with E-state index in [2.05, 4.69) is 35.4 Å². The van der Waals surface area contributed by atoms with Crippen molar-refractivity contribution in [3.05, 3.63) is 42.5 Å². The second kappa shape index (κ2) is 8.22. The van der Waals surface area contributed by atoms with Crippen molar-refractivity contribution >= 4 is 22.7 Å². The molecule has 8 heteroatoms. The van der Waals surface area contributed by atoms with Crippen molar-refractivity contribution < 1.29 is 22.6 Å². The van der Waals surface area contributed by atoms with E-state index < -0.39 is 6.36 Å². The largest absolute Gasteiger partial charge is 0.573 e. The van der Waals surface area contributed by atoms with Crippen LogP contribution in [0.3, 0.4) is 0 Å². The van der Waals surface area contributed by atoms with E-state index in [0.29, 0.717) is 17.6 Å². The third-order valence-corrected chi connectivity index (χ3v) is 5.97. The first-order chi connectivity index (χ1) is 15.0. The number of rotatable bonds is 5. The normalized spacial score (nSPS) is 20.8. The summed E-state index contributed by atoms with van der Waals surface area (Å²) in [6, 6.07) is 11.8. The smallest absolute Gasteiger partial charge is 0.497 e. The first-order valence-electron chi connectivity index (χ1n) is 10.7. The predicted molar refractivity (Wildman–Crippen MR) is 119 cm³/mol. The maximum atomic E-state index is 12.5. The van der Waals surface area contributed by atoms with Crippen molar-refractivity contribution in [2.24, 2.45) is 11.3 Å². The van der Waals surface area contributed by atoms with Crippen LogP contribution in [-0.2, 0) is 0 Å². The van der Waals surface area contributed by atoms with Gasteiger partial charge in [0.1, 0.15) is 11.5 Å². The Labute approximate surface area is 185 Å². The van der Waals surface area contributed by atoms with Gasteiger partial charge in [0.05, 0.1) is 18.1 Å². The monoisotopic (exact) mass is 447 g/mol. The number of halogens is 3. The van der Waals surface area contributed by atoms with Crippen molar-refractivity contribution in [2.45, 2.75) is 52.4 Å². The zero-order chi connectivity index (χ0) is 23.1. The van der Waals surface area contributed by atoms with E-state index in [-0.39, 0.29) is 17.2 Å². The van der Waals surface area contributed by atoms with Gasteiger partial charge in [0, 0.05) is 17.8 Å². The fraction of sp³-hybridized carbons (Fsp3) is 0.458. The predicted octanol–water partition coefficient (Wildman–Crippen LogP) is 7.07. The van der Waals surface area contributed by atoms with E-state index in [9.17, 15) is 13.2 Å². The van der Waals surface area contributed by atoms with Gasteiger partial charge >= 0.3 is 6.36 Å². The lowest BCUT2D eigenvalue weighted by Crippen LogP contribution is -2.29. The summed E-state index contributed by atoms with van der Waals surface area (Å²) in [7, 11) is 1.62. The number of fused-ring (bicyclic) bond motifs is 1. The molecule has 4 rings (SSSR count). The number of hydrogen-bond acceptors (Lipinski definition) is 4. The van der Waals surface area contributed by atoms with Crippen molar-refractivity contribution in [1.29, 1.82) is 0 Å². The number of aromatic nitrogens is 2. The number of hydrogen-bond donors (Lipinski definition) is 1. The lowest BCUT2D eigenvalue weighted by atomic mass is 9.70. The van der Waals surface area contributed by atoms with Crippen LogP contribution in [0.2, 0.25) is 0 Å². The summed E-state index contributed by atoms with van der Waals surface area (Å²) in [5.41, 5.74) is 2.64. The highest BCUT2D eigenvalue weighted by molar-refractivity contribution is 5.81. The fourth-order valence-electron chi connectivity index (χ4n) is 5.02. The van der Waals surface area contributed by atoms with Crippen molar-refractivity contribution in [3.8, 4) is 11.5 Å². The third kappa shape index (κ3) is 4.95. The Morgan fingerprint density at radius 1 is 1.06 bits per heavy atom. The Bertz CT molecular complexity index is 1090. The van der Waals surface area contributed by atoms with Crippen molar-refractivity contribution in [1.82, 2.24) is 9.55 Å². The van der Waals surface area contributed by atoms with E-state index in [1.54, 1.807) is 19.2 Å². The van der Waals surface area contributed by atoms with Gasteiger partial charge in [-0.05, 0) is 67.0 Å². The third-order valence-electron chi connectivity index (χ3n) is 5.97. The summed E-state index contributed by atoms with van der Waals surface area (Å²) < 4.78 is 48.9. The minimum absolute atomic E-state index is 0.208. The number of imidazole rings is 1. The van der Waals surface area contributed by atoms with Crippen LogP contribution >= 0.6 is 0 Å². The Balaban J connectivity index is 1.71. The average molecular weight is 448 g/mol. The number of nitrogens with one attached hydrogen (secondary N) is 1. The van der Waals surface area contributed by atoms with E-state index in [4.69, 9.17) is 9.72 Å². The molecule has 2 atom stereocenters. The van der Waals surface area contributed by atoms with Crippen LogP contribution in [0.15, 0.2) is 42.5 Å². The van der Waals surface area contributed by atoms with Gasteiger partial charge in [-0.2, -0.15) is 0 Å². The molecule has 1 fully saturated rings. The zero-order valence-corrected chi connectivity index (χ0v) is 18.7. The molecular weight excluding hydrogens is 419 g/mol. The second-order valence-corrected chi connectivity index (χ2v) is 9.42. The molecule has 3 aromatic rings. The highest BCUT2D eigenvalue weighted by Gasteiger charge is 2.35. The highest BCUT2D eigenvalue weighted by Crippen LogP contribution is 2.46. The molecule has 1 aliphatic rings. The van der Waals surface area contributed by atoms with Gasteiger partial charge in [-0.15, -0.1) is 13.2 Å². The van der Waals surface area contributed by atoms with Crippen LogP contribution < -0.4 is 14.8 Å². The summed E-state index contributed by atoms with van der Waals surface area (Å²) in [6.07, 6.45) is -1.49. The topological polar surface area (TPSA) is 48.3 Å². The Hall–Kier alpha value is -2.90. The molecule has 0 bridgehead atoms. The summed E-state index contributed by atoms with van der Waals surface area (Å²) in [5, 5.41) is 3.30. The molecule has 172 valence electrons. The van der Waals surface area contributed by atoms with Crippen LogP contribution in [0, 0.1) is 11.3 Å². The van der Waals surface area contributed by atoms with Crippen LogP contribution in [0.5, 0.6) is 11.5 Å². The molecule has 1 N–H and O–H groups in total. The molecule has 2 aromatic carbocycles. The number of ether oxygens (including phenoxy) is 2. The Kier molecular flexibility index (Phi) is 5.73. The van der Waals surface area contributed by atoms with Gasteiger partial charge in [-0.3, -0.25) is 0 Å². The van der Waals surface area contributed by atoms with Gasteiger partial charge in [-0.1, -0.05) is 20.8 Å². The van der Waals surface area contributed by atoms with Crippen molar-refractivity contribution in [2.75, 3.05) is 12.4 Å². The summed E-state index contributed by atoms with van der Waals surface area (Å²) >= 11 is 0. The van der Waals surface area contributed by atoms with Gasteiger partial charge < -0.3 is 19.4 Å². The highest BCUT2D eigenvalue weighted by atomic mass is 19.4. The van der Waals surface area contributed by atoms with E-state index in [1.807, 2.05) is 18.2 Å². The molecule has 5 nitrogen and oxygen atoms in total. The van der Waals surface area contributed by atoms with Gasteiger partial charge in [0.2, 0.25) is 5.95 Å². The Morgan fingerprint density at radius 2 is 1.75 bits per heavy atom. The Morgan fingerprint density at radius 3 is 2.38 bits per heavy atom. The SMILES string of the molecule is COc1ccc2c(c1)nc(Nc1ccc(OC(F)(F)F)cc1)n2C1CC(C)CC(C)(C)C1. The molecule has 1 heterocycles. The molecule has 32 heavy (non-hydrogen) atoms. The van der Waals surface area contributed by atoms with E-state index >= 15 is 0 Å². The average Bonchev–Trinajstić information content (AvgIpc) is 3.03. The quantitative estimate of drug-likeness (QED) is 0.454. The first kappa shape index (κ1) is 22.3. The lowest BCUT2D eigenvalue weighted by molar-refractivity contribution is -0.274. The minimum Gasteiger partial charge on any atom is -0.497 e. The number of anilines is 2. The molecule has 1 aliphatic carbocycles. The molecule has 2 unspecified atom stereocenters. The summed E-state index contributed by atoms with van der Waals surface area (Å²) in [6.45, 7) is 6.87. The van der Waals surface area contributed by atoms with Crippen LogP contribution in [-0.4, -0.2) is 23.0 Å². The molecule has 0 amide bonds. The summed E-state index contributed by atoms with van der Waals surface area (Å²) in [5.74, 6) is 1.70. The lowest BCUT2D eigenvalue weighted by Gasteiger charge is -2.40. The molecule has 1 aromatic heterocycles. The second-order valence-electron chi connectivity index (χ2n) is 9.42. The van der Waals surface area contributed by atoms with Gasteiger partial charge in [0.25, 0.3) is 0 Å². The number of benzene rings is 2. The number of nitrogens with zero attached hydrogens (tertiary/aromatic N) is 2. The van der Waals surface area contributed by atoms with Crippen molar-refractivity contribution in [3.63, 3.8) is 0 Å². The maximum absolute atomic E-state index is 12.5. The molecular formula is C24H28F3N3O2. The van der Waals surface area contributed by atoms with Crippen LogP contribution in [0.25, 0.3) is 11.0 Å². The van der Waals surface area contributed by atoms with E-state index in [0.717, 1.165) is 29.6 Å². The molecule has 0 radical (unpaired) electrons. The number of alkyl halides is 3. The first-order valence-corrected chi connectivity index (χ1v) is 10.7. The maximum Gasteiger partial charge on any atom is 0.573 e. The standard InChI is InChI=1S/C24H28F3N3O2/c1-15-11-17(14-23(2,3)13-15)30-21-10-9-19(31-4)12-20(21)29-22(30)28-16-5-7-18(8-6-16)32-24(25,26)27/h5-10,12,15,17H,11,13-14H2,1-4H3,(H,28,29). The van der Waals surface area contributed by atoms with Crippen LogP contribution in [0.1, 0.15) is 46.1 Å². The minimum atomic E-state index is -4.72. The fourth-order valence-corrected chi connectivity index (χ4v) is 5.02. The van der Waals surface area contributed by atoms with Gasteiger partial charge in [-0.25, -0.2) is 4.98 Å². The molecule has 1 saturated carbocycles. The molecule has 0 saturated heterocycles. The molecule has 0 aliphatic heterocycles. The molecule has 0 spiro atoms. The summed E-state index contributed by atoms with van der Waals surface area (Å²) in [4.78, 5) is 4.81. The number of methoxy groups -OCH3 is 1. The van der Waals surface area contributed by atoms with Gasteiger partial charge in [0.15, 0.2) is 0 Å².